The van der Waals surface area contributed by atoms with E-state index in [2.05, 4.69) is 37.7 Å². The summed E-state index contributed by atoms with van der Waals surface area (Å²) in [5, 5.41) is 0. The van der Waals surface area contributed by atoms with E-state index in [9.17, 15) is 4.79 Å². The molecule has 0 N–H and O–H groups in total. The molecule has 0 bridgehead atoms. The van der Waals surface area contributed by atoms with Crippen LogP contribution in [0.3, 0.4) is 0 Å². The van der Waals surface area contributed by atoms with E-state index in [1.165, 1.54) is 0 Å². The summed E-state index contributed by atoms with van der Waals surface area (Å²) in [6.07, 6.45) is 2.62. The highest BCUT2D eigenvalue weighted by Crippen LogP contribution is 2.17. The Bertz CT molecular complexity index is 248. The van der Waals surface area contributed by atoms with Crippen molar-refractivity contribution in [1.29, 1.82) is 0 Å². The fraction of sp³-hybridized carbons (Fsp3) is 0.929. The average Bonchev–Trinajstić information content (AvgIpc) is 2.29. The molecule has 106 valence electrons. The summed E-state index contributed by atoms with van der Waals surface area (Å²) in [4.78, 5) is 16.6. The van der Waals surface area contributed by atoms with Gasteiger partial charge in [0.25, 0.3) is 0 Å². The highest BCUT2D eigenvalue weighted by molar-refractivity contribution is 5.76. The van der Waals surface area contributed by atoms with Crippen LogP contribution in [0.15, 0.2) is 0 Å². The summed E-state index contributed by atoms with van der Waals surface area (Å²) < 4.78 is 5.39. The molecule has 18 heavy (non-hydrogen) atoms. The van der Waals surface area contributed by atoms with Crippen molar-refractivity contribution in [2.75, 3.05) is 40.4 Å². The molecule has 4 heteroatoms. The highest BCUT2D eigenvalue weighted by atomic mass is 16.5. The fourth-order valence-electron chi connectivity index (χ4n) is 2.28. The van der Waals surface area contributed by atoms with Gasteiger partial charge in [-0.15, -0.1) is 0 Å². The standard InChI is InChI=1S/C14H28N2O2/c1-12(2)11-14(17)16(8-7-15(3)4)13-5-9-18-10-6-13/h12-13H,5-11H2,1-4H3. The first-order valence-corrected chi connectivity index (χ1v) is 7.02. The van der Waals surface area contributed by atoms with Crippen LogP contribution in [-0.4, -0.2) is 62.1 Å². The number of hydrogen-bond donors (Lipinski definition) is 0. The lowest BCUT2D eigenvalue weighted by Gasteiger charge is -2.35. The number of hydrogen-bond acceptors (Lipinski definition) is 3. The molecule has 0 spiro atoms. The van der Waals surface area contributed by atoms with Crippen LogP contribution in [-0.2, 0) is 9.53 Å². The molecule has 1 aliphatic rings. The van der Waals surface area contributed by atoms with Gasteiger partial charge in [-0.2, -0.15) is 0 Å². The van der Waals surface area contributed by atoms with Crippen molar-refractivity contribution in [3.8, 4) is 0 Å². The quantitative estimate of drug-likeness (QED) is 0.723. The van der Waals surface area contributed by atoms with E-state index in [0.717, 1.165) is 39.1 Å². The summed E-state index contributed by atoms with van der Waals surface area (Å²) >= 11 is 0. The average molecular weight is 256 g/mol. The molecule has 1 aliphatic heterocycles. The molecule has 0 saturated carbocycles. The van der Waals surface area contributed by atoms with Crippen LogP contribution in [0.4, 0.5) is 0 Å². The smallest absolute Gasteiger partial charge is 0.223 e. The number of ether oxygens (including phenoxy) is 1. The summed E-state index contributed by atoms with van der Waals surface area (Å²) in [6, 6.07) is 0.380. The van der Waals surface area contributed by atoms with Gasteiger partial charge in [-0.05, 0) is 32.9 Å². The van der Waals surface area contributed by atoms with Crippen LogP contribution < -0.4 is 0 Å². The molecule has 0 aromatic carbocycles. The number of rotatable bonds is 6. The Morgan fingerprint density at radius 1 is 1.22 bits per heavy atom. The lowest BCUT2D eigenvalue weighted by atomic mass is 10.0. The monoisotopic (exact) mass is 256 g/mol. The predicted octanol–water partition coefficient (Wildman–Crippen LogP) is 1.60. The maximum atomic E-state index is 12.3. The lowest BCUT2D eigenvalue weighted by molar-refractivity contribution is -0.136. The molecule has 1 heterocycles. The van der Waals surface area contributed by atoms with Crippen LogP contribution in [0, 0.1) is 5.92 Å². The summed E-state index contributed by atoms with van der Waals surface area (Å²) in [5.41, 5.74) is 0. The van der Waals surface area contributed by atoms with Crippen molar-refractivity contribution in [3.05, 3.63) is 0 Å². The number of nitrogens with zero attached hydrogens (tertiary/aromatic N) is 2. The van der Waals surface area contributed by atoms with Crippen LogP contribution in [0.2, 0.25) is 0 Å². The second-order valence-electron chi connectivity index (χ2n) is 5.83. The van der Waals surface area contributed by atoms with Crippen molar-refractivity contribution in [2.24, 2.45) is 5.92 Å². The maximum absolute atomic E-state index is 12.3. The Balaban J connectivity index is 2.57. The molecule has 1 amide bonds. The molecule has 0 radical (unpaired) electrons. The Labute approximate surface area is 111 Å². The number of carbonyl (C=O) groups is 1. The minimum Gasteiger partial charge on any atom is -0.381 e. The first kappa shape index (κ1) is 15.4. The molecule has 1 saturated heterocycles. The SMILES string of the molecule is CC(C)CC(=O)N(CCN(C)C)C1CCOCC1. The Kier molecular flexibility index (Phi) is 6.65. The Morgan fingerprint density at radius 3 is 2.33 bits per heavy atom. The van der Waals surface area contributed by atoms with Crippen LogP contribution >= 0.6 is 0 Å². The summed E-state index contributed by atoms with van der Waals surface area (Å²) in [5.74, 6) is 0.734. The molecular weight excluding hydrogens is 228 g/mol. The zero-order valence-electron chi connectivity index (χ0n) is 12.3. The maximum Gasteiger partial charge on any atom is 0.223 e. The lowest BCUT2D eigenvalue weighted by Crippen LogP contribution is -2.46. The Morgan fingerprint density at radius 2 is 1.83 bits per heavy atom. The minimum absolute atomic E-state index is 0.304. The molecule has 0 aromatic heterocycles. The molecule has 0 atom stereocenters. The summed E-state index contributed by atoms with van der Waals surface area (Å²) in [6.45, 7) is 7.55. The van der Waals surface area contributed by atoms with Gasteiger partial charge < -0.3 is 14.5 Å². The topological polar surface area (TPSA) is 32.8 Å². The van der Waals surface area contributed by atoms with Gasteiger partial charge in [0.05, 0.1) is 0 Å². The van der Waals surface area contributed by atoms with Crippen molar-refractivity contribution in [1.82, 2.24) is 9.80 Å². The van der Waals surface area contributed by atoms with Crippen LogP contribution in [0.5, 0.6) is 0 Å². The van der Waals surface area contributed by atoms with Gasteiger partial charge in [-0.25, -0.2) is 0 Å². The molecule has 0 aliphatic carbocycles. The van der Waals surface area contributed by atoms with E-state index in [0.29, 0.717) is 24.3 Å². The van der Waals surface area contributed by atoms with Gasteiger partial charge in [-0.3, -0.25) is 4.79 Å². The van der Waals surface area contributed by atoms with Crippen molar-refractivity contribution >= 4 is 5.91 Å². The molecule has 1 rings (SSSR count). The van der Waals surface area contributed by atoms with Crippen LogP contribution in [0.1, 0.15) is 33.1 Å². The second-order valence-corrected chi connectivity index (χ2v) is 5.83. The normalized spacial score (nSPS) is 17.4. The van der Waals surface area contributed by atoms with Gasteiger partial charge in [0, 0.05) is 38.8 Å². The van der Waals surface area contributed by atoms with E-state index in [1.807, 2.05) is 0 Å². The molecule has 1 fully saturated rings. The summed E-state index contributed by atoms with van der Waals surface area (Å²) in [7, 11) is 4.10. The molecule has 0 aromatic rings. The zero-order chi connectivity index (χ0) is 13.5. The first-order chi connectivity index (χ1) is 8.50. The second kappa shape index (κ2) is 7.74. The van der Waals surface area contributed by atoms with E-state index >= 15 is 0 Å². The predicted molar refractivity (Wildman–Crippen MR) is 73.6 cm³/mol. The first-order valence-electron chi connectivity index (χ1n) is 7.02. The zero-order valence-corrected chi connectivity index (χ0v) is 12.3. The van der Waals surface area contributed by atoms with Gasteiger partial charge in [0.2, 0.25) is 5.91 Å². The van der Waals surface area contributed by atoms with Crippen molar-refractivity contribution in [3.63, 3.8) is 0 Å². The van der Waals surface area contributed by atoms with Gasteiger partial charge in [0.1, 0.15) is 0 Å². The van der Waals surface area contributed by atoms with E-state index in [-0.39, 0.29) is 0 Å². The fourth-order valence-corrected chi connectivity index (χ4v) is 2.28. The molecule has 4 nitrogen and oxygen atoms in total. The minimum atomic E-state index is 0.304. The van der Waals surface area contributed by atoms with E-state index in [1.54, 1.807) is 0 Å². The van der Waals surface area contributed by atoms with Crippen molar-refractivity contribution < 1.29 is 9.53 Å². The third kappa shape index (κ3) is 5.36. The van der Waals surface area contributed by atoms with E-state index < -0.39 is 0 Å². The molecule has 0 unspecified atom stereocenters. The largest absolute Gasteiger partial charge is 0.381 e. The third-order valence-electron chi connectivity index (χ3n) is 3.32. The van der Waals surface area contributed by atoms with Gasteiger partial charge in [0.15, 0.2) is 0 Å². The molecular formula is C14H28N2O2. The van der Waals surface area contributed by atoms with E-state index in [4.69, 9.17) is 4.74 Å². The van der Waals surface area contributed by atoms with Crippen LogP contribution in [0.25, 0.3) is 0 Å². The van der Waals surface area contributed by atoms with Crippen molar-refractivity contribution in [2.45, 2.75) is 39.2 Å². The number of carbonyl (C=O) groups excluding carboxylic acids is 1. The number of amides is 1. The van der Waals surface area contributed by atoms with Gasteiger partial charge >= 0.3 is 0 Å². The third-order valence-corrected chi connectivity index (χ3v) is 3.32. The number of likely N-dealkylation sites (N-methyl/N-ethyl adjacent to an activating group) is 1. The Hall–Kier alpha value is -0.610. The van der Waals surface area contributed by atoms with Gasteiger partial charge in [-0.1, -0.05) is 13.8 Å². The highest BCUT2D eigenvalue weighted by Gasteiger charge is 2.25.